The summed E-state index contributed by atoms with van der Waals surface area (Å²) in [6, 6.07) is 1.56. The van der Waals surface area contributed by atoms with Gasteiger partial charge in [0, 0.05) is 30.7 Å². The van der Waals surface area contributed by atoms with Crippen LogP contribution < -0.4 is 10.0 Å². The van der Waals surface area contributed by atoms with Crippen LogP contribution in [0.1, 0.15) is 20.8 Å². The van der Waals surface area contributed by atoms with Gasteiger partial charge in [0.1, 0.15) is 4.90 Å². The number of pyridine rings is 1. The quantitative estimate of drug-likeness (QED) is 0.768. The lowest BCUT2D eigenvalue weighted by Gasteiger charge is -2.15. The van der Waals surface area contributed by atoms with E-state index in [0.29, 0.717) is 12.2 Å². The van der Waals surface area contributed by atoms with Crippen molar-refractivity contribution in [3.05, 3.63) is 18.5 Å². The SMILES string of the molecule is CCNc1ccncc1S(=O)(=O)NC(C)CSCC. The molecular formula is C12H21N3O2S2. The molecule has 0 aromatic carbocycles. The molecule has 0 radical (unpaired) electrons. The van der Waals surface area contributed by atoms with Gasteiger partial charge in [-0.15, -0.1) is 0 Å². The predicted octanol–water partition coefficient (Wildman–Crippen LogP) is 1.93. The van der Waals surface area contributed by atoms with Crippen molar-refractivity contribution in [2.24, 2.45) is 0 Å². The van der Waals surface area contributed by atoms with Crippen LogP contribution in [-0.4, -0.2) is 37.5 Å². The molecular weight excluding hydrogens is 282 g/mol. The molecule has 1 aromatic rings. The Hall–Kier alpha value is -0.790. The number of aromatic nitrogens is 1. The van der Waals surface area contributed by atoms with Crippen molar-refractivity contribution < 1.29 is 8.42 Å². The van der Waals surface area contributed by atoms with Crippen LogP contribution in [0.3, 0.4) is 0 Å². The second-order valence-corrected chi connectivity index (χ2v) is 7.09. The lowest BCUT2D eigenvalue weighted by atomic mass is 10.4. The van der Waals surface area contributed by atoms with Gasteiger partial charge < -0.3 is 5.32 Å². The number of thioether (sulfide) groups is 1. The number of nitrogens with zero attached hydrogens (tertiary/aromatic N) is 1. The number of rotatable bonds is 8. The van der Waals surface area contributed by atoms with Gasteiger partial charge in [0.2, 0.25) is 10.0 Å². The molecule has 0 saturated carbocycles. The molecule has 1 heterocycles. The first-order valence-electron chi connectivity index (χ1n) is 6.29. The minimum atomic E-state index is -3.53. The van der Waals surface area contributed by atoms with Gasteiger partial charge in [-0.05, 0) is 25.7 Å². The first-order valence-corrected chi connectivity index (χ1v) is 8.93. The Morgan fingerprint density at radius 2 is 2.16 bits per heavy atom. The van der Waals surface area contributed by atoms with Gasteiger partial charge in [-0.25, -0.2) is 13.1 Å². The fourth-order valence-electron chi connectivity index (χ4n) is 1.59. The average Bonchev–Trinajstić information content (AvgIpc) is 2.37. The first kappa shape index (κ1) is 16.3. The van der Waals surface area contributed by atoms with Crippen LogP contribution in [0.5, 0.6) is 0 Å². The summed E-state index contributed by atoms with van der Waals surface area (Å²) < 4.78 is 27.3. The zero-order valence-corrected chi connectivity index (χ0v) is 13.1. The van der Waals surface area contributed by atoms with E-state index in [9.17, 15) is 8.42 Å². The van der Waals surface area contributed by atoms with E-state index in [1.807, 2.05) is 13.8 Å². The van der Waals surface area contributed by atoms with Crippen LogP contribution in [0.25, 0.3) is 0 Å². The maximum atomic E-state index is 12.3. The number of hydrogen-bond acceptors (Lipinski definition) is 5. The Morgan fingerprint density at radius 3 is 2.79 bits per heavy atom. The molecule has 0 aliphatic carbocycles. The molecule has 1 atom stereocenters. The minimum Gasteiger partial charge on any atom is -0.384 e. The molecule has 1 unspecified atom stereocenters. The summed E-state index contributed by atoms with van der Waals surface area (Å²) in [6.07, 6.45) is 2.95. The molecule has 0 spiro atoms. The number of anilines is 1. The fraction of sp³-hybridized carbons (Fsp3) is 0.583. The van der Waals surface area contributed by atoms with Gasteiger partial charge >= 0.3 is 0 Å². The molecule has 2 N–H and O–H groups in total. The summed E-state index contributed by atoms with van der Waals surface area (Å²) in [7, 11) is -3.53. The van der Waals surface area contributed by atoms with Gasteiger partial charge in [0.15, 0.2) is 0 Å². The summed E-state index contributed by atoms with van der Waals surface area (Å²) in [6.45, 7) is 6.50. The Kier molecular flexibility index (Phi) is 6.60. The van der Waals surface area contributed by atoms with E-state index in [1.165, 1.54) is 6.20 Å². The highest BCUT2D eigenvalue weighted by molar-refractivity contribution is 7.99. The van der Waals surface area contributed by atoms with Crippen LogP contribution in [0.15, 0.2) is 23.4 Å². The van der Waals surface area contributed by atoms with Crippen molar-refractivity contribution in [3.8, 4) is 0 Å². The molecule has 19 heavy (non-hydrogen) atoms. The van der Waals surface area contributed by atoms with Gasteiger partial charge in [0.05, 0.1) is 5.69 Å². The summed E-state index contributed by atoms with van der Waals surface area (Å²) in [5.41, 5.74) is 0.584. The molecule has 0 fully saturated rings. The van der Waals surface area contributed by atoms with Gasteiger partial charge in [-0.3, -0.25) is 4.98 Å². The van der Waals surface area contributed by atoms with Crippen LogP contribution in [0.4, 0.5) is 5.69 Å². The fourth-order valence-corrected chi connectivity index (χ4v) is 3.74. The van der Waals surface area contributed by atoms with Crippen molar-refractivity contribution in [2.45, 2.75) is 31.7 Å². The van der Waals surface area contributed by atoms with Gasteiger partial charge in [-0.1, -0.05) is 6.92 Å². The van der Waals surface area contributed by atoms with Crippen molar-refractivity contribution in [2.75, 3.05) is 23.4 Å². The zero-order valence-electron chi connectivity index (χ0n) is 11.5. The number of nitrogens with one attached hydrogen (secondary N) is 2. The molecule has 108 valence electrons. The normalized spacial score (nSPS) is 13.2. The van der Waals surface area contributed by atoms with Crippen LogP contribution in [0.2, 0.25) is 0 Å². The smallest absolute Gasteiger partial charge is 0.244 e. The summed E-state index contributed by atoms with van der Waals surface area (Å²) >= 11 is 1.71. The largest absolute Gasteiger partial charge is 0.384 e. The van der Waals surface area contributed by atoms with E-state index in [0.717, 1.165) is 11.5 Å². The van der Waals surface area contributed by atoms with Gasteiger partial charge in [0.25, 0.3) is 0 Å². The van der Waals surface area contributed by atoms with Crippen molar-refractivity contribution in [3.63, 3.8) is 0 Å². The molecule has 0 bridgehead atoms. The Balaban J connectivity index is 2.88. The number of sulfonamides is 1. The van der Waals surface area contributed by atoms with Crippen molar-refractivity contribution >= 4 is 27.5 Å². The monoisotopic (exact) mass is 303 g/mol. The molecule has 1 aromatic heterocycles. The third-order valence-corrected chi connectivity index (χ3v) is 5.13. The predicted molar refractivity (Wildman–Crippen MR) is 81.2 cm³/mol. The van der Waals surface area contributed by atoms with Crippen LogP contribution in [-0.2, 0) is 10.0 Å². The van der Waals surface area contributed by atoms with Crippen molar-refractivity contribution in [1.29, 1.82) is 0 Å². The third-order valence-electron chi connectivity index (χ3n) is 2.37. The standard InChI is InChI=1S/C12H21N3O2S2/c1-4-14-11-6-7-13-8-12(11)19(16,17)15-10(3)9-18-5-2/h6-8,10,15H,4-5,9H2,1-3H3,(H,13,14). The molecule has 7 heteroatoms. The summed E-state index contributed by atoms with van der Waals surface area (Å²) in [4.78, 5) is 4.10. The van der Waals surface area contributed by atoms with Crippen LogP contribution in [0, 0.1) is 0 Å². The van der Waals surface area contributed by atoms with E-state index in [1.54, 1.807) is 24.0 Å². The molecule has 0 aliphatic heterocycles. The molecule has 1 rings (SSSR count). The lowest BCUT2D eigenvalue weighted by Crippen LogP contribution is -2.34. The van der Waals surface area contributed by atoms with E-state index in [2.05, 4.69) is 21.9 Å². The summed E-state index contributed by atoms with van der Waals surface area (Å²) in [5.74, 6) is 1.73. The highest BCUT2D eigenvalue weighted by atomic mass is 32.2. The highest BCUT2D eigenvalue weighted by Crippen LogP contribution is 2.19. The first-order chi connectivity index (χ1) is 9.01. The molecule has 0 amide bonds. The lowest BCUT2D eigenvalue weighted by molar-refractivity contribution is 0.571. The van der Waals surface area contributed by atoms with E-state index in [4.69, 9.17) is 0 Å². The maximum absolute atomic E-state index is 12.3. The van der Waals surface area contributed by atoms with Gasteiger partial charge in [-0.2, -0.15) is 11.8 Å². The number of hydrogen-bond donors (Lipinski definition) is 2. The van der Waals surface area contributed by atoms with E-state index in [-0.39, 0.29) is 10.9 Å². The van der Waals surface area contributed by atoms with E-state index < -0.39 is 10.0 Å². The van der Waals surface area contributed by atoms with Crippen molar-refractivity contribution in [1.82, 2.24) is 9.71 Å². The Labute approximate surface area is 119 Å². The Morgan fingerprint density at radius 1 is 1.42 bits per heavy atom. The third kappa shape index (κ3) is 5.00. The second kappa shape index (κ2) is 7.72. The molecule has 0 aliphatic rings. The average molecular weight is 303 g/mol. The second-order valence-electron chi connectivity index (χ2n) is 4.08. The molecule has 5 nitrogen and oxygen atoms in total. The topological polar surface area (TPSA) is 71.1 Å². The summed E-state index contributed by atoms with van der Waals surface area (Å²) in [5, 5.41) is 3.03. The highest BCUT2D eigenvalue weighted by Gasteiger charge is 2.20. The minimum absolute atomic E-state index is 0.107. The van der Waals surface area contributed by atoms with Crippen LogP contribution >= 0.6 is 11.8 Å². The van der Waals surface area contributed by atoms with E-state index >= 15 is 0 Å². The maximum Gasteiger partial charge on any atom is 0.244 e. The molecule has 0 saturated heterocycles. The zero-order chi connectivity index (χ0) is 14.3. The Bertz CT molecular complexity index is 492.